The van der Waals surface area contributed by atoms with Gasteiger partial charge < -0.3 is 5.32 Å². The van der Waals surface area contributed by atoms with E-state index in [4.69, 9.17) is 11.6 Å². The van der Waals surface area contributed by atoms with Gasteiger partial charge in [0.2, 0.25) is 0 Å². The highest BCUT2D eigenvalue weighted by atomic mass is 35.5. The van der Waals surface area contributed by atoms with Crippen molar-refractivity contribution in [1.29, 1.82) is 0 Å². The summed E-state index contributed by atoms with van der Waals surface area (Å²) in [6.07, 6.45) is 4.80. The molecule has 0 aromatic carbocycles. The summed E-state index contributed by atoms with van der Waals surface area (Å²) in [6, 6.07) is 2.07. The predicted octanol–water partition coefficient (Wildman–Crippen LogP) is 3.78. The smallest absolute Gasteiger partial charge is 0.0498 e. The van der Waals surface area contributed by atoms with Gasteiger partial charge in [-0.3, -0.25) is 4.98 Å². The van der Waals surface area contributed by atoms with E-state index in [1.807, 2.05) is 26.4 Å². The van der Waals surface area contributed by atoms with Crippen molar-refractivity contribution < 1.29 is 0 Å². The molecule has 0 spiro atoms. The fourth-order valence-electron chi connectivity index (χ4n) is 1.81. The SMILES string of the molecule is CC[C@@H](C)c1ccncc1/C(Cl)=C(\C)CNC. The summed E-state index contributed by atoms with van der Waals surface area (Å²) in [4.78, 5) is 4.19. The highest BCUT2D eigenvalue weighted by Crippen LogP contribution is 2.30. The quantitative estimate of drug-likeness (QED) is 0.863. The van der Waals surface area contributed by atoms with Gasteiger partial charge >= 0.3 is 0 Å². The number of likely N-dealkylation sites (N-methyl/N-ethyl adjacent to an activating group) is 1. The maximum absolute atomic E-state index is 6.44. The van der Waals surface area contributed by atoms with Crippen molar-refractivity contribution >= 4 is 16.6 Å². The van der Waals surface area contributed by atoms with Crippen LogP contribution in [0, 0.1) is 0 Å². The molecule has 94 valence electrons. The van der Waals surface area contributed by atoms with Crippen LogP contribution < -0.4 is 5.32 Å². The topological polar surface area (TPSA) is 24.9 Å². The molecule has 0 aliphatic carbocycles. The Hall–Kier alpha value is -0.860. The zero-order chi connectivity index (χ0) is 12.8. The second kappa shape index (κ2) is 6.77. The molecule has 0 amide bonds. The summed E-state index contributed by atoms with van der Waals surface area (Å²) < 4.78 is 0. The van der Waals surface area contributed by atoms with Crippen molar-refractivity contribution in [3.8, 4) is 0 Å². The second-order valence-electron chi connectivity index (χ2n) is 4.40. The van der Waals surface area contributed by atoms with E-state index in [1.165, 1.54) is 5.56 Å². The van der Waals surface area contributed by atoms with Gasteiger partial charge in [0.15, 0.2) is 0 Å². The van der Waals surface area contributed by atoms with Crippen molar-refractivity contribution in [1.82, 2.24) is 10.3 Å². The molecule has 0 unspecified atom stereocenters. The van der Waals surface area contributed by atoms with E-state index in [0.717, 1.165) is 29.1 Å². The molecule has 1 aromatic heterocycles. The van der Waals surface area contributed by atoms with Crippen molar-refractivity contribution in [2.24, 2.45) is 0 Å². The lowest BCUT2D eigenvalue weighted by atomic mass is 9.94. The Morgan fingerprint density at radius 2 is 2.24 bits per heavy atom. The van der Waals surface area contributed by atoms with Gasteiger partial charge in [-0.25, -0.2) is 0 Å². The molecular formula is C14H21ClN2. The first kappa shape index (κ1) is 14.2. The second-order valence-corrected chi connectivity index (χ2v) is 4.77. The minimum Gasteiger partial charge on any atom is -0.316 e. The first-order valence-corrected chi connectivity index (χ1v) is 6.43. The van der Waals surface area contributed by atoms with Crippen LogP contribution in [0.25, 0.3) is 5.03 Å². The van der Waals surface area contributed by atoms with Crippen LogP contribution in [0.15, 0.2) is 24.0 Å². The predicted molar refractivity (Wildman–Crippen MR) is 75.3 cm³/mol. The van der Waals surface area contributed by atoms with E-state index in [-0.39, 0.29) is 0 Å². The van der Waals surface area contributed by atoms with Crippen LogP contribution in [-0.2, 0) is 0 Å². The molecule has 17 heavy (non-hydrogen) atoms. The summed E-state index contributed by atoms with van der Waals surface area (Å²) in [5.74, 6) is 0.504. The Morgan fingerprint density at radius 1 is 1.53 bits per heavy atom. The third kappa shape index (κ3) is 3.55. The van der Waals surface area contributed by atoms with E-state index in [0.29, 0.717) is 5.92 Å². The zero-order valence-electron chi connectivity index (χ0n) is 11.0. The number of hydrogen-bond acceptors (Lipinski definition) is 2. The maximum Gasteiger partial charge on any atom is 0.0498 e. The minimum atomic E-state index is 0.504. The van der Waals surface area contributed by atoms with Crippen LogP contribution in [0.2, 0.25) is 0 Å². The lowest BCUT2D eigenvalue weighted by Gasteiger charge is -2.15. The Balaban J connectivity index is 3.17. The van der Waals surface area contributed by atoms with E-state index >= 15 is 0 Å². The summed E-state index contributed by atoms with van der Waals surface area (Å²) in [5, 5.41) is 3.94. The number of hydrogen-bond donors (Lipinski definition) is 1. The first-order valence-electron chi connectivity index (χ1n) is 6.05. The molecule has 1 N–H and O–H groups in total. The van der Waals surface area contributed by atoms with Crippen LogP contribution in [0.5, 0.6) is 0 Å². The summed E-state index contributed by atoms with van der Waals surface area (Å²) in [6.45, 7) is 7.25. The van der Waals surface area contributed by atoms with Crippen LogP contribution >= 0.6 is 11.6 Å². The van der Waals surface area contributed by atoms with E-state index < -0.39 is 0 Å². The molecule has 0 radical (unpaired) electrons. The number of rotatable bonds is 5. The highest BCUT2D eigenvalue weighted by Gasteiger charge is 2.12. The Bertz CT molecular complexity index is 399. The van der Waals surface area contributed by atoms with Gasteiger partial charge in [0.05, 0.1) is 0 Å². The standard InChI is InChI=1S/C14H21ClN2/c1-5-10(2)12-6-7-17-9-13(12)14(15)11(3)8-16-4/h6-7,9-10,16H,5,8H2,1-4H3/b14-11-/t10-/m1/s1. The molecular weight excluding hydrogens is 232 g/mol. The van der Waals surface area contributed by atoms with Gasteiger partial charge in [0.25, 0.3) is 0 Å². The third-order valence-electron chi connectivity index (χ3n) is 3.05. The van der Waals surface area contributed by atoms with Gasteiger partial charge in [-0.1, -0.05) is 25.4 Å². The third-order valence-corrected chi connectivity index (χ3v) is 3.58. The molecule has 0 saturated heterocycles. The normalized spacial score (nSPS) is 14.4. The molecule has 0 saturated carbocycles. The maximum atomic E-state index is 6.44. The van der Waals surface area contributed by atoms with Crippen LogP contribution in [0.1, 0.15) is 44.2 Å². The number of nitrogens with one attached hydrogen (secondary N) is 1. The summed E-state index contributed by atoms with van der Waals surface area (Å²) in [7, 11) is 1.92. The van der Waals surface area contributed by atoms with E-state index in [9.17, 15) is 0 Å². The van der Waals surface area contributed by atoms with Crippen molar-refractivity contribution in [2.45, 2.75) is 33.1 Å². The molecule has 1 aromatic rings. The molecule has 0 bridgehead atoms. The van der Waals surface area contributed by atoms with Gasteiger partial charge in [-0.2, -0.15) is 0 Å². The zero-order valence-corrected chi connectivity index (χ0v) is 11.8. The number of pyridine rings is 1. The van der Waals surface area contributed by atoms with Crippen LogP contribution in [0.4, 0.5) is 0 Å². The molecule has 0 aliphatic heterocycles. The van der Waals surface area contributed by atoms with Gasteiger partial charge in [-0.05, 0) is 43.5 Å². The van der Waals surface area contributed by atoms with E-state index in [1.54, 1.807) is 0 Å². The molecule has 1 atom stereocenters. The Kier molecular flexibility index (Phi) is 5.66. The largest absolute Gasteiger partial charge is 0.316 e. The van der Waals surface area contributed by atoms with Crippen molar-refractivity contribution in [3.63, 3.8) is 0 Å². The first-order chi connectivity index (χ1) is 8.11. The fourth-order valence-corrected chi connectivity index (χ4v) is 2.04. The summed E-state index contributed by atoms with van der Waals surface area (Å²) >= 11 is 6.44. The minimum absolute atomic E-state index is 0.504. The fraction of sp³-hybridized carbons (Fsp3) is 0.500. The number of halogens is 1. The monoisotopic (exact) mass is 252 g/mol. The Morgan fingerprint density at radius 3 is 2.82 bits per heavy atom. The van der Waals surface area contributed by atoms with Crippen molar-refractivity contribution in [3.05, 3.63) is 35.2 Å². The lowest BCUT2D eigenvalue weighted by molar-refractivity contribution is 0.730. The van der Waals surface area contributed by atoms with Crippen molar-refractivity contribution in [2.75, 3.05) is 13.6 Å². The van der Waals surface area contributed by atoms with Crippen LogP contribution in [0.3, 0.4) is 0 Å². The molecule has 1 heterocycles. The van der Waals surface area contributed by atoms with Gasteiger partial charge in [0.1, 0.15) is 0 Å². The molecule has 2 nitrogen and oxygen atoms in total. The average molecular weight is 253 g/mol. The Labute approximate surface area is 109 Å². The average Bonchev–Trinajstić information content (AvgIpc) is 2.37. The number of aromatic nitrogens is 1. The summed E-state index contributed by atoms with van der Waals surface area (Å²) in [5.41, 5.74) is 3.49. The molecule has 1 rings (SSSR count). The molecule has 3 heteroatoms. The van der Waals surface area contributed by atoms with E-state index in [2.05, 4.69) is 30.2 Å². The van der Waals surface area contributed by atoms with Crippen LogP contribution in [-0.4, -0.2) is 18.6 Å². The van der Waals surface area contributed by atoms with Gasteiger partial charge in [0, 0.05) is 29.5 Å². The molecule has 0 fully saturated rings. The highest BCUT2D eigenvalue weighted by molar-refractivity contribution is 6.49. The number of nitrogens with zero attached hydrogens (tertiary/aromatic N) is 1. The van der Waals surface area contributed by atoms with Gasteiger partial charge in [-0.15, -0.1) is 0 Å². The molecule has 0 aliphatic rings. The lowest BCUT2D eigenvalue weighted by Crippen LogP contribution is -2.10.